The van der Waals surface area contributed by atoms with Crippen LogP contribution in [0, 0.1) is 11.7 Å². The number of rotatable bonds is 7. The third-order valence-electron chi connectivity index (χ3n) is 3.59. The van der Waals surface area contributed by atoms with Crippen LogP contribution in [0.2, 0.25) is 0 Å². The molecule has 0 aliphatic heterocycles. The van der Waals surface area contributed by atoms with Crippen LogP contribution in [0.1, 0.15) is 24.0 Å². The van der Waals surface area contributed by atoms with Gasteiger partial charge in [0.25, 0.3) is 0 Å². The van der Waals surface area contributed by atoms with Crippen LogP contribution in [-0.4, -0.2) is 11.7 Å². The fourth-order valence-corrected chi connectivity index (χ4v) is 2.49. The van der Waals surface area contributed by atoms with Gasteiger partial charge < -0.3 is 5.11 Å². The van der Waals surface area contributed by atoms with Gasteiger partial charge in [0, 0.05) is 6.61 Å². The summed E-state index contributed by atoms with van der Waals surface area (Å²) in [6, 6.07) is 17.0. The summed E-state index contributed by atoms with van der Waals surface area (Å²) < 4.78 is 13.1. The number of aryl methyl sites for hydroxylation is 1. The van der Waals surface area contributed by atoms with E-state index < -0.39 is 0 Å². The summed E-state index contributed by atoms with van der Waals surface area (Å²) >= 11 is 0. The second-order valence-electron chi connectivity index (χ2n) is 5.26. The highest BCUT2D eigenvalue weighted by molar-refractivity contribution is 5.17. The molecule has 106 valence electrons. The maximum atomic E-state index is 13.1. The first-order valence-electron chi connectivity index (χ1n) is 7.17. The van der Waals surface area contributed by atoms with Gasteiger partial charge in [-0.15, -0.1) is 0 Å². The van der Waals surface area contributed by atoms with Gasteiger partial charge in [-0.25, -0.2) is 4.39 Å². The molecule has 0 spiro atoms. The number of aliphatic hydroxyl groups is 1. The van der Waals surface area contributed by atoms with Gasteiger partial charge in [0.1, 0.15) is 5.82 Å². The Morgan fingerprint density at radius 1 is 0.950 bits per heavy atom. The van der Waals surface area contributed by atoms with E-state index in [0.717, 1.165) is 31.2 Å². The van der Waals surface area contributed by atoms with Gasteiger partial charge in [-0.05, 0) is 54.9 Å². The highest BCUT2D eigenvalue weighted by Gasteiger charge is 2.09. The maximum absolute atomic E-state index is 13.1. The molecule has 0 bridgehead atoms. The van der Waals surface area contributed by atoms with Crippen molar-refractivity contribution in [3.8, 4) is 0 Å². The van der Waals surface area contributed by atoms with Crippen molar-refractivity contribution in [2.45, 2.75) is 25.7 Å². The fourth-order valence-electron chi connectivity index (χ4n) is 2.49. The number of hydrogen-bond donors (Lipinski definition) is 1. The smallest absolute Gasteiger partial charge is 0.123 e. The van der Waals surface area contributed by atoms with Crippen molar-refractivity contribution in [3.05, 3.63) is 71.5 Å². The molecule has 1 atom stereocenters. The van der Waals surface area contributed by atoms with Crippen molar-refractivity contribution in [3.63, 3.8) is 0 Å². The molecule has 2 heteroatoms. The van der Waals surface area contributed by atoms with Gasteiger partial charge >= 0.3 is 0 Å². The summed E-state index contributed by atoms with van der Waals surface area (Å²) in [5.74, 6) is 0.00369. The minimum absolute atomic E-state index is 0.158. The Morgan fingerprint density at radius 3 is 2.40 bits per heavy atom. The van der Waals surface area contributed by atoms with Crippen molar-refractivity contribution in [1.29, 1.82) is 0 Å². The second kappa shape index (κ2) is 7.81. The highest BCUT2D eigenvalue weighted by Crippen LogP contribution is 2.16. The number of benzene rings is 2. The predicted molar refractivity (Wildman–Crippen MR) is 80.1 cm³/mol. The highest BCUT2D eigenvalue weighted by atomic mass is 19.1. The molecular weight excluding hydrogens is 251 g/mol. The molecule has 20 heavy (non-hydrogen) atoms. The number of aliphatic hydroxyl groups excluding tert-OH is 1. The summed E-state index contributed by atoms with van der Waals surface area (Å²) in [5, 5.41) is 9.46. The molecule has 1 unspecified atom stereocenters. The van der Waals surface area contributed by atoms with Crippen LogP contribution >= 0.6 is 0 Å². The monoisotopic (exact) mass is 272 g/mol. The molecule has 0 aliphatic rings. The van der Waals surface area contributed by atoms with Crippen molar-refractivity contribution in [2.75, 3.05) is 6.61 Å². The third-order valence-corrected chi connectivity index (χ3v) is 3.59. The Kier molecular flexibility index (Phi) is 5.75. The van der Waals surface area contributed by atoms with Crippen LogP contribution in [0.4, 0.5) is 4.39 Å². The lowest BCUT2D eigenvalue weighted by atomic mass is 9.94. The normalized spacial score (nSPS) is 12.3. The first-order chi connectivity index (χ1) is 9.78. The van der Waals surface area contributed by atoms with Crippen molar-refractivity contribution >= 4 is 0 Å². The Balaban J connectivity index is 1.80. The average Bonchev–Trinajstić information content (AvgIpc) is 2.47. The standard InChI is InChI=1S/C18H21FO/c19-18-11-5-9-16(13-18)12-17(14-20)10-4-8-15-6-2-1-3-7-15/h1-3,5-7,9,11,13,17,20H,4,8,10,12,14H2. The quantitative estimate of drug-likeness (QED) is 0.807. The van der Waals surface area contributed by atoms with Gasteiger partial charge in [-0.2, -0.15) is 0 Å². The summed E-state index contributed by atoms with van der Waals surface area (Å²) in [6.45, 7) is 0.158. The zero-order chi connectivity index (χ0) is 14.2. The number of hydrogen-bond acceptors (Lipinski definition) is 1. The topological polar surface area (TPSA) is 20.2 Å². The van der Waals surface area contributed by atoms with Crippen LogP contribution in [-0.2, 0) is 12.8 Å². The van der Waals surface area contributed by atoms with E-state index in [9.17, 15) is 9.50 Å². The third kappa shape index (κ3) is 4.78. The van der Waals surface area contributed by atoms with Crippen LogP contribution in [0.25, 0.3) is 0 Å². The van der Waals surface area contributed by atoms with Crippen LogP contribution in [0.5, 0.6) is 0 Å². The molecule has 0 saturated carbocycles. The molecule has 0 fully saturated rings. The minimum Gasteiger partial charge on any atom is -0.396 e. The zero-order valence-electron chi connectivity index (χ0n) is 11.6. The predicted octanol–water partition coefficient (Wildman–Crippen LogP) is 4.00. The van der Waals surface area contributed by atoms with Crippen LogP contribution in [0.15, 0.2) is 54.6 Å². The van der Waals surface area contributed by atoms with Crippen LogP contribution < -0.4 is 0 Å². The van der Waals surface area contributed by atoms with E-state index in [-0.39, 0.29) is 18.3 Å². The van der Waals surface area contributed by atoms with E-state index in [1.54, 1.807) is 12.1 Å². The largest absolute Gasteiger partial charge is 0.396 e. The van der Waals surface area contributed by atoms with Crippen molar-refractivity contribution in [1.82, 2.24) is 0 Å². The number of halogens is 1. The molecule has 2 aromatic carbocycles. The average molecular weight is 272 g/mol. The second-order valence-corrected chi connectivity index (χ2v) is 5.26. The molecule has 0 amide bonds. The zero-order valence-corrected chi connectivity index (χ0v) is 11.6. The molecular formula is C18H21FO. The minimum atomic E-state index is -0.205. The molecule has 0 heterocycles. The maximum Gasteiger partial charge on any atom is 0.123 e. The lowest BCUT2D eigenvalue weighted by Gasteiger charge is -2.14. The lowest BCUT2D eigenvalue weighted by molar-refractivity contribution is 0.215. The van der Waals surface area contributed by atoms with Crippen molar-refractivity contribution < 1.29 is 9.50 Å². The first-order valence-corrected chi connectivity index (χ1v) is 7.17. The Hall–Kier alpha value is -1.67. The van der Waals surface area contributed by atoms with Gasteiger partial charge in [-0.3, -0.25) is 0 Å². The van der Waals surface area contributed by atoms with Gasteiger partial charge in [0.15, 0.2) is 0 Å². The molecule has 0 aromatic heterocycles. The summed E-state index contributed by atoms with van der Waals surface area (Å²) in [5.41, 5.74) is 2.29. The molecule has 2 rings (SSSR count). The SMILES string of the molecule is OCC(CCCc1ccccc1)Cc1cccc(F)c1. The molecule has 0 aliphatic carbocycles. The summed E-state index contributed by atoms with van der Waals surface area (Å²) in [6.07, 6.45) is 3.77. The van der Waals surface area contributed by atoms with E-state index in [1.165, 1.54) is 11.6 Å². The van der Waals surface area contributed by atoms with Crippen molar-refractivity contribution in [2.24, 2.45) is 5.92 Å². The molecule has 0 saturated heterocycles. The van der Waals surface area contributed by atoms with Crippen LogP contribution in [0.3, 0.4) is 0 Å². The molecule has 1 N–H and O–H groups in total. The van der Waals surface area contributed by atoms with E-state index in [4.69, 9.17) is 0 Å². The van der Waals surface area contributed by atoms with E-state index in [1.807, 2.05) is 24.3 Å². The summed E-state index contributed by atoms with van der Waals surface area (Å²) in [4.78, 5) is 0. The molecule has 1 nitrogen and oxygen atoms in total. The Bertz CT molecular complexity index is 510. The van der Waals surface area contributed by atoms with Gasteiger partial charge in [-0.1, -0.05) is 42.5 Å². The Morgan fingerprint density at radius 2 is 1.70 bits per heavy atom. The molecule has 0 radical (unpaired) electrons. The van der Waals surface area contributed by atoms with E-state index in [2.05, 4.69) is 12.1 Å². The van der Waals surface area contributed by atoms with Gasteiger partial charge in [0.2, 0.25) is 0 Å². The molecule has 2 aromatic rings. The Labute approximate surface area is 120 Å². The van der Waals surface area contributed by atoms with E-state index >= 15 is 0 Å². The fraction of sp³-hybridized carbons (Fsp3) is 0.333. The summed E-state index contributed by atoms with van der Waals surface area (Å²) in [7, 11) is 0. The first kappa shape index (κ1) is 14.7. The van der Waals surface area contributed by atoms with E-state index in [0.29, 0.717) is 0 Å². The lowest BCUT2D eigenvalue weighted by Crippen LogP contribution is -2.10. The van der Waals surface area contributed by atoms with Gasteiger partial charge in [0.05, 0.1) is 0 Å².